The Morgan fingerprint density at radius 3 is 2.86 bits per heavy atom. The molecule has 22 heavy (non-hydrogen) atoms. The van der Waals surface area contributed by atoms with E-state index in [1.807, 2.05) is 0 Å². The van der Waals surface area contributed by atoms with E-state index in [1.165, 1.54) is 10.8 Å². The predicted molar refractivity (Wildman–Crippen MR) is 75.0 cm³/mol. The van der Waals surface area contributed by atoms with E-state index in [1.54, 1.807) is 36.7 Å². The molecule has 0 fully saturated rings. The Hall–Kier alpha value is -3.49. The van der Waals surface area contributed by atoms with Gasteiger partial charge in [-0.1, -0.05) is 0 Å². The SMILES string of the molecule is Nc1nc(Oc2cccnc2)nc2nc(-c3ccco3)nn12. The predicted octanol–water partition coefficient (Wildman–Crippen LogP) is 1.55. The Labute approximate surface area is 123 Å². The number of anilines is 1. The number of nitrogens with two attached hydrogens (primary N) is 1. The number of nitrogen functional groups attached to an aromatic ring is 1. The topological polar surface area (TPSA) is 117 Å². The van der Waals surface area contributed by atoms with Gasteiger partial charge in [0.25, 0.3) is 5.78 Å². The maximum atomic E-state index is 5.86. The first-order chi connectivity index (χ1) is 10.8. The highest BCUT2D eigenvalue weighted by Gasteiger charge is 2.14. The van der Waals surface area contributed by atoms with Crippen LogP contribution in [0.5, 0.6) is 11.8 Å². The molecule has 0 atom stereocenters. The standard InChI is InChI=1S/C13H9N7O2/c14-11-17-13(22-8-3-1-5-15-7-8)18-12-16-10(19-20(11)12)9-4-2-6-21-9/h1-7H,(H2,14,16,17,18,19). The summed E-state index contributed by atoms with van der Waals surface area (Å²) in [6, 6.07) is 7.02. The zero-order valence-corrected chi connectivity index (χ0v) is 11.1. The van der Waals surface area contributed by atoms with E-state index in [2.05, 4.69) is 25.0 Å². The minimum Gasteiger partial charge on any atom is -0.461 e. The van der Waals surface area contributed by atoms with Crippen LogP contribution in [0.3, 0.4) is 0 Å². The van der Waals surface area contributed by atoms with Crippen molar-refractivity contribution in [2.75, 3.05) is 5.73 Å². The van der Waals surface area contributed by atoms with Crippen LogP contribution < -0.4 is 10.5 Å². The molecular weight excluding hydrogens is 286 g/mol. The minimum atomic E-state index is 0.0661. The van der Waals surface area contributed by atoms with Gasteiger partial charge in [-0.15, -0.1) is 5.10 Å². The maximum absolute atomic E-state index is 5.86. The second-order valence-corrected chi connectivity index (χ2v) is 4.28. The zero-order valence-electron chi connectivity index (χ0n) is 11.1. The van der Waals surface area contributed by atoms with E-state index in [4.69, 9.17) is 14.9 Å². The summed E-state index contributed by atoms with van der Waals surface area (Å²) in [6.07, 6.45) is 4.72. The van der Waals surface area contributed by atoms with Crippen LogP contribution in [-0.4, -0.2) is 29.5 Å². The van der Waals surface area contributed by atoms with Crippen molar-refractivity contribution in [3.05, 3.63) is 42.9 Å². The van der Waals surface area contributed by atoms with Crippen molar-refractivity contribution in [2.45, 2.75) is 0 Å². The number of pyridine rings is 1. The van der Waals surface area contributed by atoms with E-state index in [0.717, 1.165) is 0 Å². The second-order valence-electron chi connectivity index (χ2n) is 4.28. The summed E-state index contributed by atoms with van der Waals surface area (Å²) in [5.41, 5.74) is 5.86. The van der Waals surface area contributed by atoms with Crippen LogP contribution >= 0.6 is 0 Å². The van der Waals surface area contributed by atoms with Crippen LogP contribution in [0.1, 0.15) is 0 Å². The molecular formula is C13H9N7O2. The lowest BCUT2D eigenvalue weighted by Crippen LogP contribution is -2.05. The third-order valence-corrected chi connectivity index (χ3v) is 2.80. The number of nitrogens with zero attached hydrogens (tertiary/aromatic N) is 6. The van der Waals surface area contributed by atoms with Crippen LogP contribution in [0.4, 0.5) is 5.95 Å². The summed E-state index contributed by atoms with van der Waals surface area (Å²) in [6.45, 7) is 0. The number of rotatable bonds is 3. The van der Waals surface area contributed by atoms with E-state index in [-0.39, 0.29) is 17.7 Å². The van der Waals surface area contributed by atoms with Gasteiger partial charge < -0.3 is 14.9 Å². The first-order valence-electron chi connectivity index (χ1n) is 6.31. The van der Waals surface area contributed by atoms with Gasteiger partial charge in [-0.05, 0) is 24.3 Å². The monoisotopic (exact) mass is 295 g/mol. The molecule has 0 aliphatic heterocycles. The van der Waals surface area contributed by atoms with Crippen molar-refractivity contribution in [1.82, 2.24) is 29.5 Å². The van der Waals surface area contributed by atoms with Crippen LogP contribution in [-0.2, 0) is 0 Å². The second kappa shape index (κ2) is 4.81. The Kier molecular flexibility index (Phi) is 2.68. The highest BCUT2D eigenvalue weighted by Crippen LogP contribution is 2.20. The lowest BCUT2D eigenvalue weighted by molar-refractivity contribution is 0.439. The highest BCUT2D eigenvalue weighted by atomic mass is 16.5. The molecule has 9 heteroatoms. The third-order valence-electron chi connectivity index (χ3n) is 2.80. The smallest absolute Gasteiger partial charge is 0.328 e. The van der Waals surface area contributed by atoms with Crippen molar-refractivity contribution in [1.29, 1.82) is 0 Å². The summed E-state index contributed by atoms with van der Waals surface area (Å²) in [7, 11) is 0. The number of furan rings is 1. The van der Waals surface area contributed by atoms with Gasteiger partial charge in [0, 0.05) is 6.20 Å². The maximum Gasteiger partial charge on any atom is 0.328 e. The van der Waals surface area contributed by atoms with Crippen LogP contribution in [0.25, 0.3) is 17.4 Å². The van der Waals surface area contributed by atoms with Crippen LogP contribution in [0.15, 0.2) is 47.3 Å². The molecule has 0 aliphatic rings. The molecule has 4 rings (SSSR count). The van der Waals surface area contributed by atoms with Crippen molar-refractivity contribution < 1.29 is 9.15 Å². The van der Waals surface area contributed by atoms with Gasteiger partial charge in [0.15, 0.2) is 5.76 Å². The summed E-state index contributed by atoms with van der Waals surface area (Å²) >= 11 is 0. The first-order valence-corrected chi connectivity index (χ1v) is 6.31. The molecule has 0 aromatic carbocycles. The molecule has 4 aromatic rings. The third kappa shape index (κ3) is 2.10. The average molecular weight is 295 g/mol. The number of hydrogen-bond acceptors (Lipinski definition) is 8. The van der Waals surface area contributed by atoms with Crippen molar-refractivity contribution in [2.24, 2.45) is 0 Å². The summed E-state index contributed by atoms with van der Waals surface area (Å²) in [5.74, 6) is 1.74. The van der Waals surface area contributed by atoms with E-state index < -0.39 is 0 Å². The van der Waals surface area contributed by atoms with Gasteiger partial charge in [-0.25, -0.2) is 0 Å². The molecule has 0 saturated heterocycles. The van der Waals surface area contributed by atoms with Gasteiger partial charge in [0.05, 0.1) is 12.5 Å². The minimum absolute atomic E-state index is 0.0661. The molecule has 0 amide bonds. The first kappa shape index (κ1) is 12.3. The molecule has 0 radical (unpaired) electrons. The lowest BCUT2D eigenvalue weighted by Gasteiger charge is -2.03. The van der Waals surface area contributed by atoms with Crippen LogP contribution in [0, 0.1) is 0 Å². The fraction of sp³-hybridized carbons (Fsp3) is 0. The molecule has 108 valence electrons. The molecule has 4 heterocycles. The zero-order chi connectivity index (χ0) is 14.9. The molecule has 4 aromatic heterocycles. The number of aromatic nitrogens is 6. The van der Waals surface area contributed by atoms with Gasteiger partial charge in [0.1, 0.15) is 5.75 Å². The van der Waals surface area contributed by atoms with Gasteiger partial charge in [-0.2, -0.15) is 19.5 Å². The largest absolute Gasteiger partial charge is 0.461 e. The highest BCUT2D eigenvalue weighted by molar-refractivity contribution is 5.51. The number of hydrogen-bond donors (Lipinski definition) is 1. The van der Waals surface area contributed by atoms with Crippen molar-refractivity contribution in [3.8, 4) is 23.3 Å². The van der Waals surface area contributed by atoms with E-state index in [0.29, 0.717) is 17.3 Å². The molecule has 0 saturated carbocycles. The molecule has 0 bridgehead atoms. The molecule has 0 unspecified atom stereocenters. The molecule has 2 N–H and O–H groups in total. The van der Waals surface area contributed by atoms with Crippen molar-refractivity contribution >= 4 is 11.7 Å². The van der Waals surface area contributed by atoms with Crippen molar-refractivity contribution in [3.63, 3.8) is 0 Å². The molecule has 9 nitrogen and oxygen atoms in total. The number of fused-ring (bicyclic) bond motifs is 1. The van der Waals surface area contributed by atoms with Gasteiger partial charge in [-0.3, -0.25) is 4.98 Å². The molecule has 0 aliphatic carbocycles. The van der Waals surface area contributed by atoms with Gasteiger partial charge >= 0.3 is 6.01 Å². The Balaban J connectivity index is 1.76. The normalized spacial score (nSPS) is 10.9. The summed E-state index contributed by atoms with van der Waals surface area (Å²) in [5, 5.41) is 4.20. The fourth-order valence-corrected chi connectivity index (χ4v) is 1.85. The quantitative estimate of drug-likeness (QED) is 0.605. The Morgan fingerprint density at radius 1 is 1.14 bits per heavy atom. The van der Waals surface area contributed by atoms with E-state index >= 15 is 0 Å². The summed E-state index contributed by atoms with van der Waals surface area (Å²) in [4.78, 5) is 16.4. The summed E-state index contributed by atoms with van der Waals surface area (Å²) < 4.78 is 12.1. The van der Waals surface area contributed by atoms with Gasteiger partial charge in [0.2, 0.25) is 11.8 Å². The Morgan fingerprint density at radius 2 is 2.09 bits per heavy atom. The number of ether oxygens (including phenoxy) is 1. The van der Waals surface area contributed by atoms with Crippen LogP contribution in [0.2, 0.25) is 0 Å². The van der Waals surface area contributed by atoms with E-state index in [9.17, 15) is 0 Å². The fourth-order valence-electron chi connectivity index (χ4n) is 1.85. The Bertz CT molecular complexity index is 918. The lowest BCUT2D eigenvalue weighted by atomic mass is 10.4. The molecule has 0 spiro atoms. The average Bonchev–Trinajstić information content (AvgIpc) is 3.17.